The van der Waals surface area contributed by atoms with Crippen molar-refractivity contribution in [2.45, 2.75) is 79.7 Å². The number of halogens is 3. The molecule has 3 unspecified atom stereocenters. The Bertz CT molecular complexity index is 782. The molecule has 0 aromatic carbocycles. The average molecular weight is 534 g/mol. The van der Waals surface area contributed by atoms with Crippen molar-refractivity contribution in [3.05, 3.63) is 0 Å². The summed E-state index contributed by atoms with van der Waals surface area (Å²) in [7, 11) is 0. The van der Waals surface area contributed by atoms with Crippen molar-refractivity contribution in [2.75, 3.05) is 13.2 Å². The Morgan fingerprint density at radius 1 is 1.16 bits per heavy atom. The average Bonchev–Trinajstić information content (AvgIpc) is 2.85. The van der Waals surface area contributed by atoms with Crippen LogP contribution >= 0.6 is 46.6 Å². The van der Waals surface area contributed by atoms with E-state index in [1.54, 1.807) is 41.5 Å². The first-order valence-corrected chi connectivity index (χ1v) is 11.9. The molecule has 9 nitrogen and oxygen atoms in total. The predicted molar refractivity (Wildman–Crippen MR) is 120 cm³/mol. The van der Waals surface area contributed by atoms with Crippen LogP contribution in [0, 0.1) is 0 Å². The van der Waals surface area contributed by atoms with Gasteiger partial charge in [-0.25, -0.2) is 9.59 Å². The van der Waals surface area contributed by atoms with Gasteiger partial charge in [0.1, 0.15) is 29.7 Å². The number of alkyl halides is 3. The Morgan fingerprint density at radius 2 is 1.75 bits per heavy atom. The third kappa shape index (κ3) is 6.27. The summed E-state index contributed by atoms with van der Waals surface area (Å²) in [4.78, 5) is 52.6. The maximum atomic E-state index is 13.1. The number of ether oxygens (including phenoxy) is 3. The van der Waals surface area contributed by atoms with Crippen LogP contribution in [-0.2, 0) is 28.6 Å². The standard InChI is InChI=1S/C19H27Cl3N2O7S/c1-7-29-11(25)8-10(15(27)30-9-19(20,21)22)23-13(26)12-14(23)32-18(5,6)24(12)16(28)31-17(2,3)4/h10,12,14H,7-9H2,1-6H3. The first-order valence-electron chi connectivity index (χ1n) is 9.90. The second-order valence-electron chi connectivity index (χ2n) is 8.74. The molecule has 0 bridgehead atoms. The fraction of sp³-hybridized carbons (Fsp3) is 0.789. The molecule has 2 amide bonds. The van der Waals surface area contributed by atoms with E-state index in [2.05, 4.69) is 0 Å². The smallest absolute Gasteiger partial charge is 0.412 e. The molecule has 2 heterocycles. The number of carbonyl (C=O) groups excluding carboxylic acids is 4. The minimum atomic E-state index is -1.86. The number of thioether (sulfide) groups is 1. The lowest BCUT2D eigenvalue weighted by molar-refractivity contribution is -0.171. The summed E-state index contributed by atoms with van der Waals surface area (Å²) in [6.07, 6.45) is -1.08. The van der Waals surface area contributed by atoms with Gasteiger partial charge in [-0.15, -0.1) is 11.8 Å². The number of rotatable bonds is 6. The molecule has 0 aliphatic carbocycles. The third-order valence-electron chi connectivity index (χ3n) is 4.56. The summed E-state index contributed by atoms with van der Waals surface area (Å²) in [6.45, 7) is 9.88. The summed E-state index contributed by atoms with van der Waals surface area (Å²) in [5.74, 6) is -2.12. The molecule has 2 aliphatic heterocycles. The van der Waals surface area contributed by atoms with Gasteiger partial charge < -0.3 is 19.1 Å². The Labute approximate surface area is 206 Å². The molecule has 2 aliphatic rings. The number of hydrogen-bond acceptors (Lipinski definition) is 8. The van der Waals surface area contributed by atoms with Gasteiger partial charge in [-0.2, -0.15) is 0 Å². The number of fused-ring (bicyclic) bond motifs is 1. The van der Waals surface area contributed by atoms with Crippen LogP contribution in [0.25, 0.3) is 0 Å². The summed E-state index contributed by atoms with van der Waals surface area (Å²) in [5.41, 5.74) is -0.754. The van der Waals surface area contributed by atoms with E-state index in [1.807, 2.05) is 0 Å². The van der Waals surface area contributed by atoms with E-state index in [0.29, 0.717) is 0 Å². The van der Waals surface area contributed by atoms with E-state index < -0.39 is 68.7 Å². The first kappa shape index (κ1) is 27.1. The molecule has 3 atom stereocenters. The zero-order chi connectivity index (χ0) is 24.6. The topological polar surface area (TPSA) is 102 Å². The summed E-state index contributed by atoms with van der Waals surface area (Å²) in [6, 6.07) is -2.15. The van der Waals surface area contributed by atoms with Gasteiger partial charge >= 0.3 is 18.0 Å². The SMILES string of the molecule is CCOC(=O)CC(C(=O)OCC(Cl)(Cl)Cl)N1C(=O)C2C1SC(C)(C)N2C(=O)OC(C)(C)C. The molecule has 13 heteroatoms. The Hall–Kier alpha value is -1.10. The van der Waals surface area contributed by atoms with Gasteiger partial charge in [-0.1, -0.05) is 34.8 Å². The molecule has 0 aromatic heterocycles. The molecule has 2 rings (SSSR count). The molecule has 32 heavy (non-hydrogen) atoms. The van der Waals surface area contributed by atoms with Crippen molar-refractivity contribution in [1.29, 1.82) is 0 Å². The van der Waals surface area contributed by atoms with Crippen LogP contribution < -0.4 is 0 Å². The van der Waals surface area contributed by atoms with Crippen molar-refractivity contribution in [3.8, 4) is 0 Å². The third-order valence-corrected chi connectivity index (χ3v) is 6.39. The zero-order valence-electron chi connectivity index (χ0n) is 18.6. The minimum absolute atomic E-state index is 0.100. The van der Waals surface area contributed by atoms with Gasteiger partial charge in [0.15, 0.2) is 0 Å². The lowest BCUT2D eigenvalue weighted by atomic mass is 9.99. The van der Waals surface area contributed by atoms with Crippen LogP contribution in [0.1, 0.15) is 48.0 Å². The summed E-state index contributed by atoms with van der Waals surface area (Å²) >= 11 is 18.2. The molecule has 0 spiro atoms. The van der Waals surface area contributed by atoms with Gasteiger partial charge in [0.2, 0.25) is 9.70 Å². The van der Waals surface area contributed by atoms with Gasteiger partial charge in [0, 0.05) is 0 Å². The Kier molecular flexibility index (Phi) is 8.18. The highest BCUT2D eigenvalue weighted by Crippen LogP contribution is 2.52. The molecule has 2 saturated heterocycles. The van der Waals surface area contributed by atoms with E-state index in [1.165, 1.54) is 21.6 Å². The number of amides is 2. The molecular formula is C19H27Cl3N2O7S. The van der Waals surface area contributed by atoms with Crippen molar-refractivity contribution in [2.24, 2.45) is 0 Å². The van der Waals surface area contributed by atoms with Crippen LogP contribution in [0.4, 0.5) is 4.79 Å². The van der Waals surface area contributed by atoms with Crippen LogP contribution in [-0.4, -0.2) is 78.7 Å². The molecule has 0 radical (unpaired) electrons. The molecule has 182 valence electrons. The van der Waals surface area contributed by atoms with E-state index in [-0.39, 0.29) is 6.61 Å². The van der Waals surface area contributed by atoms with Gasteiger partial charge in [0.25, 0.3) is 0 Å². The fourth-order valence-corrected chi connectivity index (χ4v) is 5.20. The Balaban J connectivity index is 2.27. The second-order valence-corrected chi connectivity index (χ2v) is 13.0. The molecule has 0 saturated carbocycles. The lowest BCUT2D eigenvalue weighted by Gasteiger charge is -2.47. The van der Waals surface area contributed by atoms with Crippen LogP contribution in [0.15, 0.2) is 0 Å². The summed E-state index contributed by atoms with van der Waals surface area (Å²) < 4.78 is 13.6. The molecular weight excluding hydrogens is 507 g/mol. The highest BCUT2D eigenvalue weighted by atomic mass is 35.6. The maximum Gasteiger partial charge on any atom is 0.412 e. The number of β-lactam (4-membered cyclic amide) rings is 1. The van der Waals surface area contributed by atoms with E-state index in [0.717, 1.165) is 0 Å². The first-order chi connectivity index (χ1) is 14.5. The highest BCUT2D eigenvalue weighted by molar-refractivity contribution is 8.01. The second kappa shape index (κ2) is 9.64. The van der Waals surface area contributed by atoms with Gasteiger partial charge in [-0.3, -0.25) is 14.5 Å². The highest BCUT2D eigenvalue weighted by Gasteiger charge is 2.66. The molecule has 0 aromatic rings. The van der Waals surface area contributed by atoms with Crippen molar-refractivity contribution in [1.82, 2.24) is 9.80 Å². The number of hydrogen-bond donors (Lipinski definition) is 0. The molecule has 0 N–H and O–H groups in total. The van der Waals surface area contributed by atoms with Crippen LogP contribution in [0.3, 0.4) is 0 Å². The monoisotopic (exact) mass is 532 g/mol. The largest absolute Gasteiger partial charge is 0.466 e. The number of carbonyl (C=O) groups is 4. The van der Waals surface area contributed by atoms with Crippen molar-refractivity contribution >= 4 is 70.5 Å². The van der Waals surface area contributed by atoms with Crippen LogP contribution in [0.2, 0.25) is 0 Å². The van der Waals surface area contributed by atoms with E-state index in [4.69, 9.17) is 49.0 Å². The van der Waals surface area contributed by atoms with Crippen LogP contribution in [0.5, 0.6) is 0 Å². The van der Waals surface area contributed by atoms with Gasteiger partial charge in [-0.05, 0) is 41.5 Å². The minimum Gasteiger partial charge on any atom is -0.466 e. The predicted octanol–water partition coefficient (Wildman–Crippen LogP) is 3.48. The fourth-order valence-electron chi connectivity index (χ4n) is 3.41. The van der Waals surface area contributed by atoms with E-state index >= 15 is 0 Å². The number of likely N-dealkylation sites (tertiary alicyclic amines) is 1. The molecule has 2 fully saturated rings. The van der Waals surface area contributed by atoms with Gasteiger partial charge in [0.05, 0.1) is 17.9 Å². The maximum absolute atomic E-state index is 13.1. The number of nitrogens with zero attached hydrogens (tertiary/aromatic N) is 2. The van der Waals surface area contributed by atoms with Crippen molar-refractivity contribution < 1.29 is 33.4 Å². The number of esters is 2. The Morgan fingerprint density at radius 3 is 2.25 bits per heavy atom. The zero-order valence-corrected chi connectivity index (χ0v) is 21.7. The quantitative estimate of drug-likeness (QED) is 0.221. The summed E-state index contributed by atoms with van der Waals surface area (Å²) in [5, 5.41) is -0.593. The lowest BCUT2D eigenvalue weighted by Crippen LogP contribution is -2.71. The van der Waals surface area contributed by atoms with E-state index in [9.17, 15) is 19.2 Å². The van der Waals surface area contributed by atoms with Crippen molar-refractivity contribution in [3.63, 3.8) is 0 Å². The normalized spacial score (nSPS) is 23.2.